The third-order valence-electron chi connectivity index (χ3n) is 3.31. The number of nitrogens with zero attached hydrogens (tertiary/aromatic N) is 2. The van der Waals surface area contributed by atoms with Gasteiger partial charge in [-0.2, -0.15) is 5.10 Å². The van der Waals surface area contributed by atoms with E-state index in [0.717, 1.165) is 6.42 Å². The lowest BCUT2D eigenvalue weighted by Crippen LogP contribution is -2.41. The quantitative estimate of drug-likeness (QED) is 0.788. The summed E-state index contributed by atoms with van der Waals surface area (Å²) in [5.74, 6) is 0. The molecule has 1 fully saturated rings. The third-order valence-corrected chi connectivity index (χ3v) is 3.31. The van der Waals surface area contributed by atoms with Gasteiger partial charge in [0.25, 0.3) is 0 Å². The molecule has 1 aliphatic rings. The first-order valence-corrected chi connectivity index (χ1v) is 5.47. The number of aryl methyl sites for hydroxylation is 1. The summed E-state index contributed by atoms with van der Waals surface area (Å²) in [4.78, 5) is 0. The van der Waals surface area contributed by atoms with Crippen molar-refractivity contribution in [3.63, 3.8) is 0 Å². The predicted octanol–water partition coefficient (Wildman–Crippen LogP) is 1.49. The summed E-state index contributed by atoms with van der Waals surface area (Å²) in [6.07, 6.45) is 9.06. The van der Waals surface area contributed by atoms with Crippen LogP contribution in [0.5, 0.6) is 0 Å². The highest BCUT2D eigenvalue weighted by Crippen LogP contribution is 2.26. The van der Waals surface area contributed by atoms with Crippen molar-refractivity contribution >= 4 is 0 Å². The molecule has 0 amide bonds. The summed E-state index contributed by atoms with van der Waals surface area (Å²) in [5, 5.41) is 7.85. The monoisotopic (exact) mass is 193 g/mol. The summed E-state index contributed by atoms with van der Waals surface area (Å²) < 4.78 is 1.88. The molecular formula is C11H19N3. The second-order valence-corrected chi connectivity index (χ2v) is 4.36. The minimum Gasteiger partial charge on any atom is -0.311 e. The zero-order valence-electron chi connectivity index (χ0n) is 9.08. The van der Waals surface area contributed by atoms with Gasteiger partial charge in [-0.1, -0.05) is 6.92 Å². The number of aromatic nitrogens is 2. The minimum absolute atomic E-state index is 0.350. The van der Waals surface area contributed by atoms with Crippen LogP contribution in [0.25, 0.3) is 0 Å². The molecule has 1 atom stereocenters. The SMILES string of the molecule is CCC1(Cc2cnn(C)c2)CCCN1. The lowest BCUT2D eigenvalue weighted by atomic mass is 9.88. The Kier molecular flexibility index (Phi) is 2.59. The Morgan fingerprint density at radius 1 is 1.64 bits per heavy atom. The van der Waals surface area contributed by atoms with Crippen LogP contribution in [-0.4, -0.2) is 21.9 Å². The van der Waals surface area contributed by atoms with Crippen LogP contribution < -0.4 is 5.32 Å². The van der Waals surface area contributed by atoms with Gasteiger partial charge in [0.1, 0.15) is 0 Å². The van der Waals surface area contributed by atoms with Gasteiger partial charge in [-0.05, 0) is 37.8 Å². The normalized spacial score (nSPS) is 27.0. The summed E-state index contributed by atoms with van der Waals surface area (Å²) >= 11 is 0. The first-order chi connectivity index (χ1) is 6.74. The molecule has 1 aromatic rings. The van der Waals surface area contributed by atoms with E-state index in [0.29, 0.717) is 5.54 Å². The molecule has 0 aromatic carbocycles. The Morgan fingerprint density at radius 3 is 3.00 bits per heavy atom. The first kappa shape index (κ1) is 9.71. The molecule has 0 spiro atoms. The lowest BCUT2D eigenvalue weighted by molar-refractivity contribution is 0.360. The van der Waals surface area contributed by atoms with E-state index in [-0.39, 0.29) is 0 Å². The van der Waals surface area contributed by atoms with Crippen molar-refractivity contribution < 1.29 is 0 Å². The fourth-order valence-corrected chi connectivity index (χ4v) is 2.40. The Balaban J connectivity index is 2.08. The van der Waals surface area contributed by atoms with Crippen molar-refractivity contribution in [1.82, 2.24) is 15.1 Å². The van der Waals surface area contributed by atoms with Crippen LogP contribution in [0.3, 0.4) is 0 Å². The first-order valence-electron chi connectivity index (χ1n) is 5.47. The number of hydrogen-bond acceptors (Lipinski definition) is 2. The van der Waals surface area contributed by atoms with Gasteiger partial charge in [0, 0.05) is 18.8 Å². The zero-order chi connectivity index (χ0) is 10.0. The molecule has 1 N–H and O–H groups in total. The fraction of sp³-hybridized carbons (Fsp3) is 0.727. The van der Waals surface area contributed by atoms with Crippen LogP contribution in [0.1, 0.15) is 31.7 Å². The predicted molar refractivity (Wildman–Crippen MR) is 57.2 cm³/mol. The molecule has 2 heterocycles. The number of nitrogens with one attached hydrogen (secondary N) is 1. The highest BCUT2D eigenvalue weighted by molar-refractivity contribution is 5.11. The molecule has 0 aliphatic carbocycles. The molecule has 1 unspecified atom stereocenters. The second-order valence-electron chi connectivity index (χ2n) is 4.36. The van der Waals surface area contributed by atoms with E-state index in [1.165, 1.54) is 31.4 Å². The van der Waals surface area contributed by atoms with E-state index >= 15 is 0 Å². The highest BCUT2D eigenvalue weighted by atomic mass is 15.2. The second kappa shape index (κ2) is 3.73. The molecule has 78 valence electrons. The molecule has 0 radical (unpaired) electrons. The largest absolute Gasteiger partial charge is 0.311 e. The third kappa shape index (κ3) is 1.82. The van der Waals surface area contributed by atoms with Crippen molar-refractivity contribution in [2.24, 2.45) is 7.05 Å². The van der Waals surface area contributed by atoms with E-state index in [1.54, 1.807) is 0 Å². The van der Waals surface area contributed by atoms with Crippen molar-refractivity contribution in [3.05, 3.63) is 18.0 Å². The molecule has 2 rings (SSSR count). The Bertz CT molecular complexity index is 297. The molecular weight excluding hydrogens is 174 g/mol. The van der Waals surface area contributed by atoms with Gasteiger partial charge in [-0.15, -0.1) is 0 Å². The van der Waals surface area contributed by atoms with Gasteiger partial charge in [0.05, 0.1) is 6.20 Å². The summed E-state index contributed by atoms with van der Waals surface area (Å²) in [6.45, 7) is 3.45. The van der Waals surface area contributed by atoms with Gasteiger partial charge in [0.2, 0.25) is 0 Å². The maximum Gasteiger partial charge on any atom is 0.0522 e. The number of hydrogen-bond donors (Lipinski definition) is 1. The average Bonchev–Trinajstić information content (AvgIpc) is 2.77. The summed E-state index contributed by atoms with van der Waals surface area (Å²) in [6, 6.07) is 0. The Hall–Kier alpha value is -0.830. The van der Waals surface area contributed by atoms with Gasteiger partial charge in [-0.25, -0.2) is 0 Å². The van der Waals surface area contributed by atoms with Crippen LogP contribution in [-0.2, 0) is 13.5 Å². The summed E-state index contributed by atoms with van der Waals surface area (Å²) in [5.41, 5.74) is 1.70. The van der Waals surface area contributed by atoms with Gasteiger partial charge < -0.3 is 5.32 Å². The van der Waals surface area contributed by atoms with E-state index in [4.69, 9.17) is 0 Å². The molecule has 3 nitrogen and oxygen atoms in total. The Labute approximate surface area is 85.5 Å². The van der Waals surface area contributed by atoms with E-state index in [9.17, 15) is 0 Å². The van der Waals surface area contributed by atoms with E-state index < -0.39 is 0 Å². The fourth-order valence-electron chi connectivity index (χ4n) is 2.40. The van der Waals surface area contributed by atoms with Crippen LogP contribution >= 0.6 is 0 Å². The topological polar surface area (TPSA) is 29.9 Å². The number of rotatable bonds is 3. The van der Waals surface area contributed by atoms with Crippen molar-refractivity contribution in [1.29, 1.82) is 0 Å². The highest BCUT2D eigenvalue weighted by Gasteiger charge is 2.31. The van der Waals surface area contributed by atoms with Gasteiger partial charge >= 0.3 is 0 Å². The van der Waals surface area contributed by atoms with Crippen molar-refractivity contribution in [2.75, 3.05) is 6.54 Å². The molecule has 0 bridgehead atoms. The van der Waals surface area contributed by atoms with Gasteiger partial charge in [-0.3, -0.25) is 4.68 Å². The molecule has 1 saturated heterocycles. The van der Waals surface area contributed by atoms with Crippen LogP contribution in [0.2, 0.25) is 0 Å². The Morgan fingerprint density at radius 2 is 2.50 bits per heavy atom. The van der Waals surface area contributed by atoms with Gasteiger partial charge in [0.15, 0.2) is 0 Å². The molecule has 14 heavy (non-hydrogen) atoms. The molecule has 1 aromatic heterocycles. The zero-order valence-corrected chi connectivity index (χ0v) is 9.08. The van der Waals surface area contributed by atoms with Crippen molar-refractivity contribution in [3.8, 4) is 0 Å². The maximum atomic E-state index is 4.21. The van der Waals surface area contributed by atoms with E-state index in [2.05, 4.69) is 23.5 Å². The maximum absolute atomic E-state index is 4.21. The van der Waals surface area contributed by atoms with E-state index in [1.807, 2.05) is 17.9 Å². The standard InChI is InChI=1S/C11H19N3/c1-3-11(5-4-6-12-11)7-10-8-13-14(2)9-10/h8-9,12H,3-7H2,1-2H3. The average molecular weight is 193 g/mol. The van der Waals surface area contributed by atoms with Crippen LogP contribution in [0.15, 0.2) is 12.4 Å². The molecule has 0 saturated carbocycles. The minimum atomic E-state index is 0.350. The van der Waals surface area contributed by atoms with Crippen LogP contribution in [0, 0.1) is 0 Å². The summed E-state index contributed by atoms with van der Waals surface area (Å²) in [7, 11) is 1.98. The lowest BCUT2D eigenvalue weighted by Gasteiger charge is -2.27. The van der Waals surface area contributed by atoms with Crippen LogP contribution in [0.4, 0.5) is 0 Å². The smallest absolute Gasteiger partial charge is 0.0522 e. The molecule has 1 aliphatic heterocycles. The van der Waals surface area contributed by atoms with Crippen molar-refractivity contribution in [2.45, 2.75) is 38.1 Å². The molecule has 3 heteroatoms.